The highest BCUT2D eigenvalue weighted by molar-refractivity contribution is 6.21. The Balaban J connectivity index is 1.42. The fourth-order valence-electron chi connectivity index (χ4n) is 3.92. The van der Waals surface area contributed by atoms with Gasteiger partial charge in [-0.25, -0.2) is 4.90 Å². The molecule has 2 heterocycles. The number of fused-ring (bicyclic) bond motifs is 1. The van der Waals surface area contributed by atoms with Crippen molar-refractivity contribution in [2.45, 2.75) is 20.3 Å². The van der Waals surface area contributed by atoms with Crippen molar-refractivity contribution < 1.29 is 23.9 Å². The topological polar surface area (TPSA) is 84.0 Å². The van der Waals surface area contributed by atoms with Crippen molar-refractivity contribution in [3.8, 4) is 0 Å². The van der Waals surface area contributed by atoms with Crippen molar-refractivity contribution in [1.29, 1.82) is 0 Å². The van der Waals surface area contributed by atoms with Gasteiger partial charge in [0.05, 0.1) is 17.0 Å². The Labute approximate surface area is 167 Å². The van der Waals surface area contributed by atoms with Crippen LogP contribution in [0.4, 0.5) is 5.69 Å². The molecule has 0 unspecified atom stereocenters. The Bertz CT molecular complexity index is 990. The van der Waals surface area contributed by atoms with E-state index in [1.165, 1.54) is 0 Å². The number of aryl methyl sites for hydroxylation is 2. The van der Waals surface area contributed by atoms with E-state index >= 15 is 0 Å². The van der Waals surface area contributed by atoms with E-state index in [9.17, 15) is 19.2 Å². The van der Waals surface area contributed by atoms with Crippen LogP contribution >= 0.6 is 0 Å². The predicted molar refractivity (Wildman–Crippen MR) is 104 cm³/mol. The molecule has 29 heavy (non-hydrogen) atoms. The number of anilines is 1. The Morgan fingerprint density at radius 1 is 0.966 bits per heavy atom. The lowest BCUT2D eigenvalue weighted by atomic mass is 10.1. The van der Waals surface area contributed by atoms with Crippen molar-refractivity contribution in [3.63, 3.8) is 0 Å². The largest absolute Gasteiger partial charge is 0.443 e. The zero-order valence-corrected chi connectivity index (χ0v) is 16.2. The van der Waals surface area contributed by atoms with Gasteiger partial charge in [0.1, 0.15) is 0 Å². The van der Waals surface area contributed by atoms with Gasteiger partial charge >= 0.3 is 5.97 Å². The summed E-state index contributed by atoms with van der Waals surface area (Å²) in [5, 5.41) is 0. The second kappa shape index (κ2) is 7.16. The number of esters is 1. The summed E-state index contributed by atoms with van der Waals surface area (Å²) in [7, 11) is 0. The quantitative estimate of drug-likeness (QED) is 0.590. The molecule has 0 N–H and O–H groups in total. The van der Waals surface area contributed by atoms with Gasteiger partial charge in [-0.15, -0.1) is 0 Å². The minimum Gasteiger partial charge on any atom is -0.443 e. The van der Waals surface area contributed by atoms with Crippen LogP contribution in [-0.2, 0) is 14.3 Å². The van der Waals surface area contributed by atoms with E-state index in [4.69, 9.17) is 4.74 Å². The molecule has 3 amide bonds. The summed E-state index contributed by atoms with van der Waals surface area (Å²) < 4.78 is 5.24. The molecule has 148 valence electrons. The number of amides is 3. The maximum atomic E-state index is 12.5. The maximum Gasteiger partial charge on any atom is 0.313 e. The number of rotatable bonds is 4. The van der Waals surface area contributed by atoms with E-state index in [2.05, 4.69) is 0 Å². The minimum atomic E-state index is -0.642. The normalized spacial score (nSPS) is 18.4. The molecule has 0 bridgehead atoms. The van der Waals surface area contributed by atoms with E-state index in [-0.39, 0.29) is 18.9 Å². The number of nitrogens with zero attached hydrogens (tertiary/aromatic N) is 2. The van der Waals surface area contributed by atoms with Crippen LogP contribution in [0.5, 0.6) is 0 Å². The zero-order chi connectivity index (χ0) is 20.7. The molecular weight excluding hydrogens is 372 g/mol. The molecule has 0 spiro atoms. The highest BCUT2D eigenvalue weighted by Gasteiger charge is 2.39. The number of carbonyl (C=O) groups is 4. The number of ether oxygens (including phenoxy) is 1. The van der Waals surface area contributed by atoms with Gasteiger partial charge in [-0.1, -0.05) is 30.3 Å². The smallest absolute Gasteiger partial charge is 0.313 e. The van der Waals surface area contributed by atoms with Gasteiger partial charge in [-0.05, 0) is 37.1 Å². The van der Waals surface area contributed by atoms with Crippen LogP contribution in [0.15, 0.2) is 42.5 Å². The van der Waals surface area contributed by atoms with Gasteiger partial charge in [0.15, 0.2) is 6.73 Å². The molecule has 2 aromatic carbocycles. The fraction of sp³-hybridized carbons (Fsp3) is 0.273. The Morgan fingerprint density at radius 2 is 1.55 bits per heavy atom. The molecule has 2 aliphatic rings. The van der Waals surface area contributed by atoms with E-state index in [1.54, 1.807) is 29.2 Å². The van der Waals surface area contributed by atoms with Crippen LogP contribution in [0.3, 0.4) is 0 Å². The van der Waals surface area contributed by atoms with Gasteiger partial charge in [0.25, 0.3) is 11.8 Å². The first kappa shape index (κ1) is 18.9. The number of imide groups is 1. The highest BCUT2D eigenvalue weighted by atomic mass is 16.5. The number of hydrogen-bond acceptors (Lipinski definition) is 5. The van der Waals surface area contributed by atoms with E-state index in [0.717, 1.165) is 21.7 Å². The fourth-order valence-corrected chi connectivity index (χ4v) is 3.92. The van der Waals surface area contributed by atoms with Gasteiger partial charge in [-0.2, -0.15) is 0 Å². The summed E-state index contributed by atoms with van der Waals surface area (Å²) in [5.74, 6) is -2.36. The molecule has 0 radical (unpaired) electrons. The number of para-hydroxylation sites is 1. The summed E-state index contributed by atoms with van der Waals surface area (Å²) in [4.78, 5) is 52.3. The molecule has 1 saturated heterocycles. The number of benzene rings is 2. The maximum absolute atomic E-state index is 12.5. The average Bonchev–Trinajstić information content (AvgIpc) is 3.19. The molecule has 1 atom stereocenters. The summed E-state index contributed by atoms with van der Waals surface area (Å²) in [6.45, 7) is 3.60. The van der Waals surface area contributed by atoms with Crippen LogP contribution < -0.4 is 4.90 Å². The van der Waals surface area contributed by atoms with Crippen LogP contribution in [0.1, 0.15) is 38.3 Å². The van der Waals surface area contributed by atoms with Crippen molar-refractivity contribution >= 4 is 29.4 Å². The summed E-state index contributed by atoms with van der Waals surface area (Å²) in [6.07, 6.45) is 0.0364. The van der Waals surface area contributed by atoms with Crippen molar-refractivity contribution in [3.05, 3.63) is 64.7 Å². The van der Waals surface area contributed by atoms with Gasteiger partial charge in [0, 0.05) is 18.7 Å². The van der Waals surface area contributed by atoms with Crippen molar-refractivity contribution in [2.75, 3.05) is 18.2 Å². The first-order valence-corrected chi connectivity index (χ1v) is 9.37. The third kappa shape index (κ3) is 3.18. The Hall–Kier alpha value is -3.48. The lowest BCUT2D eigenvalue weighted by molar-refractivity contribution is -0.151. The first-order chi connectivity index (χ1) is 13.9. The van der Waals surface area contributed by atoms with E-state index in [0.29, 0.717) is 11.1 Å². The Morgan fingerprint density at radius 3 is 2.14 bits per heavy atom. The van der Waals surface area contributed by atoms with Crippen LogP contribution in [0.2, 0.25) is 0 Å². The number of carbonyl (C=O) groups excluding carboxylic acids is 4. The van der Waals surface area contributed by atoms with Gasteiger partial charge in [0.2, 0.25) is 5.91 Å². The van der Waals surface area contributed by atoms with Crippen LogP contribution in [-0.4, -0.2) is 41.9 Å². The molecular formula is C22H20N2O5. The molecule has 2 aromatic rings. The number of hydrogen-bond donors (Lipinski definition) is 0. The lowest BCUT2D eigenvalue weighted by Crippen LogP contribution is -2.35. The third-order valence-corrected chi connectivity index (χ3v) is 5.38. The second-order valence-electron chi connectivity index (χ2n) is 7.32. The Kier molecular flexibility index (Phi) is 4.66. The highest BCUT2D eigenvalue weighted by Crippen LogP contribution is 2.31. The molecule has 0 aliphatic carbocycles. The van der Waals surface area contributed by atoms with Gasteiger partial charge in [-0.3, -0.25) is 19.2 Å². The molecule has 7 nitrogen and oxygen atoms in total. The van der Waals surface area contributed by atoms with Crippen molar-refractivity contribution in [2.24, 2.45) is 5.92 Å². The van der Waals surface area contributed by atoms with Gasteiger partial charge < -0.3 is 9.64 Å². The van der Waals surface area contributed by atoms with Crippen LogP contribution in [0.25, 0.3) is 0 Å². The summed E-state index contributed by atoms with van der Waals surface area (Å²) in [5.41, 5.74) is 3.32. The standard InChI is InChI=1S/C22H20N2O5/c1-13-6-5-7-14(2)19(13)23-11-15(10-18(23)25)22(28)29-12-24-20(26)16-8-3-4-9-17(16)21(24)27/h3-9,15H,10-12H2,1-2H3/t15-/m0/s1. The first-order valence-electron chi connectivity index (χ1n) is 9.37. The second-order valence-corrected chi connectivity index (χ2v) is 7.32. The third-order valence-electron chi connectivity index (χ3n) is 5.38. The summed E-state index contributed by atoms with van der Waals surface area (Å²) in [6, 6.07) is 12.2. The molecule has 2 aliphatic heterocycles. The molecule has 1 fully saturated rings. The molecule has 0 saturated carbocycles. The SMILES string of the molecule is Cc1cccc(C)c1N1C[C@@H](C(=O)OCN2C(=O)c3ccccc3C2=O)CC1=O. The lowest BCUT2D eigenvalue weighted by Gasteiger charge is -2.21. The minimum absolute atomic E-state index is 0.0364. The molecule has 7 heteroatoms. The van der Waals surface area contributed by atoms with E-state index in [1.807, 2.05) is 32.0 Å². The predicted octanol–water partition coefficient (Wildman–Crippen LogP) is 2.45. The van der Waals surface area contributed by atoms with E-state index < -0.39 is 30.4 Å². The zero-order valence-electron chi connectivity index (χ0n) is 16.2. The molecule has 0 aromatic heterocycles. The van der Waals surface area contributed by atoms with Crippen molar-refractivity contribution in [1.82, 2.24) is 4.90 Å². The average molecular weight is 392 g/mol. The molecule has 4 rings (SSSR count). The summed E-state index contributed by atoms with van der Waals surface area (Å²) >= 11 is 0. The van der Waals surface area contributed by atoms with Crippen LogP contribution in [0, 0.1) is 19.8 Å². The monoisotopic (exact) mass is 392 g/mol.